The van der Waals surface area contributed by atoms with Gasteiger partial charge in [0.25, 0.3) is 0 Å². The van der Waals surface area contributed by atoms with Crippen LogP contribution in [0.15, 0.2) is 30.3 Å². The van der Waals surface area contributed by atoms with Gasteiger partial charge in [-0.3, -0.25) is 0 Å². The van der Waals surface area contributed by atoms with E-state index in [1.165, 1.54) is 0 Å². The average Bonchev–Trinajstić information content (AvgIpc) is 2.09. The second kappa shape index (κ2) is 11.9. The number of phosphoric acid groups is 3. The van der Waals surface area contributed by atoms with Crippen LogP contribution in [0.1, 0.15) is 0 Å². The maximum Gasteiger partial charge on any atom is 0.466 e. The Bertz CT molecular complexity index is 439. The van der Waals surface area contributed by atoms with E-state index < -0.39 is 23.5 Å². The highest BCUT2D eigenvalue weighted by molar-refractivity contribution is 7.45. The van der Waals surface area contributed by atoms with Gasteiger partial charge in [0.15, 0.2) is 0 Å². The number of aromatic hydroxyl groups is 1. The monoisotopic (exact) mass is 388 g/mol. The first-order valence-corrected chi connectivity index (χ1v) is 9.18. The number of rotatable bonds is 0. The van der Waals surface area contributed by atoms with Gasteiger partial charge < -0.3 is 49.1 Å². The molecular formula is C6H15O13P3. The zero-order valence-electron chi connectivity index (χ0n) is 10.4. The van der Waals surface area contributed by atoms with Crippen LogP contribution in [-0.4, -0.2) is 49.1 Å². The zero-order chi connectivity index (χ0) is 18.6. The van der Waals surface area contributed by atoms with Crippen LogP contribution >= 0.6 is 23.5 Å². The van der Waals surface area contributed by atoms with E-state index in [0.29, 0.717) is 5.75 Å². The summed E-state index contributed by atoms with van der Waals surface area (Å²) in [6.45, 7) is 0. The van der Waals surface area contributed by atoms with E-state index in [4.69, 9.17) is 62.8 Å². The molecule has 0 radical (unpaired) electrons. The first-order valence-electron chi connectivity index (χ1n) is 4.48. The summed E-state index contributed by atoms with van der Waals surface area (Å²) in [5.41, 5.74) is 0. The second-order valence-electron chi connectivity index (χ2n) is 2.88. The minimum Gasteiger partial charge on any atom is -0.508 e. The van der Waals surface area contributed by atoms with Gasteiger partial charge in [0.1, 0.15) is 5.75 Å². The Balaban J connectivity index is -0.000000223. The zero-order valence-corrected chi connectivity index (χ0v) is 13.1. The molecule has 0 saturated heterocycles. The van der Waals surface area contributed by atoms with Crippen molar-refractivity contribution in [2.24, 2.45) is 0 Å². The molecule has 13 nitrogen and oxygen atoms in total. The molecule has 0 heterocycles. The minimum absolute atomic E-state index is 0.322. The Morgan fingerprint density at radius 2 is 0.727 bits per heavy atom. The van der Waals surface area contributed by atoms with Crippen LogP contribution in [0.4, 0.5) is 0 Å². The molecule has 0 bridgehead atoms. The van der Waals surface area contributed by atoms with Gasteiger partial charge in [-0.25, -0.2) is 13.7 Å². The van der Waals surface area contributed by atoms with E-state index in [1.807, 2.05) is 6.07 Å². The van der Waals surface area contributed by atoms with E-state index >= 15 is 0 Å². The van der Waals surface area contributed by atoms with Gasteiger partial charge in [-0.05, 0) is 12.1 Å². The molecule has 1 aromatic rings. The minimum atomic E-state index is -4.64. The maximum atomic E-state index is 8.88. The number of benzene rings is 1. The molecule has 0 saturated carbocycles. The summed E-state index contributed by atoms with van der Waals surface area (Å²) in [4.78, 5) is 64.7. The summed E-state index contributed by atoms with van der Waals surface area (Å²) in [6, 6.07) is 8.71. The van der Waals surface area contributed by atoms with Crippen LogP contribution in [-0.2, 0) is 13.7 Å². The fourth-order valence-corrected chi connectivity index (χ4v) is 0.428. The lowest BCUT2D eigenvalue weighted by molar-refractivity contribution is 0.272. The summed E-state index contributed by atoms with van der Waals surface area (Å²) in [5, 5.41) is 8.63. The van der Waals surface area contributed by atoms with Gasteiger partial charge >= 0.3 is 23.5 Å². The van der Waals surface area contributed by atoms with Gasteiger partial charge in [-0.2, -0.15) is 0 Å². The molecule has 132 valence electrons. The number of phenols is 1. The highest BCUT2D eigenvalue weighted by atomic mass is 31.2. The molecule has 10 N–H and O–H groups in total. The first-order chi connectivity index (χ1) is 9.39. The molecule has 0 unspecified atom stereocenters. The van der Waals surface area contributed by atoms with Crippen molar-refractivity contribution < 1.29 is 62.8 Å². The molecule has 1 aromatic carbocycles. The molecule has 0 aliphatic carbocycles. The summed E-state index contributed by atoms with van der Waals surface area (Å²) < 4.78 is 26.6. The molecule has 0 spiro atoms. The van der Waals surface area contributed by atoms with Crippen LogP contribution in [0.2, 0.25) is 0 Å². The number of para-hydroxylation sites is 1. The highest BCUT2D eigenvalue weighted by Crippen LogP contribution is 2.26. The molecule has 0 aromatic heterocycles. The highest BCUT2D eigenvalue weighted by Gasteiger charge is 2.01. The molecule has 22 heavy (non-hydrogen) atoms. The Hall–Kier alpha value is -0.650. The molecular weight excluding hydrogens is 373 g/mol. The molecule has 0 fully saturated rings. The lowest BCUT2D eigenvalue weighted by Gasteiger charge is -1.82. The summed E-state index contributed by atoms with van der Waals surface area (Å²) in [7, 11) is -13.9. The summed E-state index contributed by atoms with van der Waals surface area (Å²) in [5.74, 6) is 0.322. The third kappa shape index (κ3) is 121. The molecule has 0 aliphatic heterocycles. The van der Waals surface area contributed by atoms with Crippen LogP contribution in [0.25, 0.3) is 0 Å². The quantitative estimate of drug-likeness (QED) is 0.230. The third-order valence-electron chi connectivity index (χ3n) is 0.756. The van der Waals surface area contributed by atoms with E-state index in [1.54, 1.807) is 24.3 Å². The van der Waals surface area contributed by atoms with E-state index in [0.717, 1.165) is 0 Å². The van der Waals surface area contributed by atoms with Gasteiger partial charge in [0, 0.05) is 0 Å². The van der Waals surface area contributed by atoms with Crippen molar-refractivity contribution in [1.29, 1.82) is 0 Å². The summed E-state index contributed by atoms with van der Waals surface area (Å²) >= 11 is 0. The van der Waals surface area contributed by atoms with Crippen LogP contribution in [0.3, 0.4) is 0 Å². The summed E-state index contributed by atoms with van der Waals surface area (Å²) in [6.07, 6.45) is 0. The topological polar surface area (TPSA) is 254 Å². The van der Waals surface area contributed by atoms with Gasteiger partial charge in [-0.15, -0.1) is 0 Å². The standard InChI is InChI=1S/C6H6O.3H3O4P/c7-6-4-2-1-3-5-6;3*1-5(2,3)4/h1-5,7H;3*(H3,1,2,3,4). The number of hydrogen-bond donors (Lipinski definition) is 10. The molecule has 0 atom stereocenters. The molecule has 0 amide bonds. The SMILES string of the molecule is O=P(O)(O)O.O=P(O)(O)O.O=P(O)(O)O.Oc1ccccc1. The number of phenolic OH excluding ortho intramolecular Hbond substituents is 1. The van der Waals surface area contributed by atoms with Crippen LogP contribution < -0.4 is 0 Å². The predicted molar refractivity (Wildman–Crippen MR) is 70.9 cm³/mol. The third-order valence-corrected chi connectivity index (χ3v) is 0.756. The van der Waals surface area contributed by atoms with E-state index in [9.17, 15) is 0 Å². The van der Waals surface area contributed by atoms with Crippen molar-refractivity contribution >= 4 is 23.5 Å². The van der Waals surface area contributed by atoms with Crippen molar-refractivity contribution in [3.8, 4) is 5.75 Å². The Morgan fingerprint density at radius 3 is 0.818 bits per heavy atom. The maximum absolute atomic E-state index is 8.88. The Kier molecular flexibility index (Phi) is 14.2. The second-order valence-corrected chi connectivity index (χ2v) is 5.96. The lowest BCUT2D eigenvalue weighted by Crippen LogP contribution is -1.66. The first kappa shape index (κ1) is 26.3. The van der Waals surface area contributed by atoms with Crippen LogP contribution in [0, 0.1) is 0 Å². The van der Waals surface area contributed by atoms with Gasteiger partial charge in [0.2, 0.25) is 0 Å². The number of hydrogen-bond acceptors (Lipinski definition) is 4. The average molecular weight is 388 g/mol. The smallest absolute Gasteiger partial charge is 0.466 e. The van der Waals surface area contributed by atoms with Crippen molar-refractivity contribution in [3.63, 3.8) is 0 Å². The Labute approximate surface area is 123 Å². The largest absolute Gasteiger partial charge is 0.508 e. The fourth-order valence-electron chi connectivity index (χ4n) is 0.428. The molecule has 1 rings (SSSR count). The van der Waals surface area contributed by atoms with Crippen molar-refractivity contribution in [2.45, 2.75) is 0 Å². The van der Waals surface area contributed by atoms with Crippen molar-refractivity contribution in [1.82, 2.24) is 0 Å². The fraction of sp³-hybridized carbons (Fsp3) is 0. The van der Waals surface area contributed by atoms with Crippen molar-refractivity contribution in [2.75, 3.05) is 0 Å². The normalized spacial score (nSPS) is 10.8. The predicted octanol–water partition coefficient (Wildman–Crippen LogP) is -1.39. The lowest BCUT2D eigenvalue weighted by atomic mass is 10.3. The van der Waals surface area contributed by atoms with Gasteiger partial charge in [0.05, 0.1) is 0 Å². The molecule has 0 aliphatic rings. The van der Waals surface area contributed by atoms with Gasteiger partial charge in [-0.1, -0.05) is 18.2 Å². The van der Waals surface area contributed by atoms with E-state index in [-0.39, 0.29) is 0 Å². The Morgan fingerprint density at radius 1 is 0.545 bits per heavy atom. The van der Waals surface area contributed by atoms with E-state index in [2.05, 4.69) is 0 Å². The van der Waals surface area contributed by atoms with Crippen molar-refractivity contribution in [3.05, 3.63) is 30.3 Å². The molecule has 16 heteroatoms. The van der Waals surface area contributed by atoms with Crippen LogP contribution in [0.5, 0.6) is 5.75 Å².